The van der Waals surface area contributed by atoms with E-state index in [1.165, 1.54) is 6.07 Å². The van der Waals surface area contributed by atoms with Gasteiger partial charge in [-0.25, -0.2) is 0 Å². The molecule has 1 aromatic rings. The fourth-order valence-electron chi connectivity index (χ4n) is 1.62. The quantitative estimate of drug-likeness (QED) is 0.619. The molecule has 2 N–H and O–H groups in total. The predicted molar refractivity (Wildman–Crippen MR) is 79.0 cm³/mol. The van der Waals surface area contributed by atoms with E-state index in [1.54, 1.807) is 19.1 Å². The first-order valence-corrected chi connectivity index (χ1v) is 6.70. The number of carbonyl (C=O) groups is 1. The molecule has 0 spiro atoms. The molecule has 0 fully saturated rings. The molecule has 1 rings (SSSR count). The Balaban J connectivity index is 3.08. The van der Waals surface area contributed by atoms with Crippen LogP contribution in [0.5, 0.6) is 0 Å². The van der Waals surface area contributed by atoms with Gasteiger partial charge < -0.3 is 10.6 Å². The molecule has 0 aromatic heterocycles. The van der Waals surface area contributed by atoms with Crippen molar-refractivity contribution in [3.63, 3.8) is 0 Å². The second kappa shape index (κ2) is 6.88. The molecular weight excluding hydrogens is 258 g/mol. The predicted octanol–water partition coefficient (Wildman–Crippen LogP) is 2.80. The summed E-state index contributed by atoms with van der Waals surface area (Å²) in [7, 11) is 0. The third kappa shape index (κ3) is 3.94. The number of benzene rings is 1. The summed E-state index contributed by atoms with van der Waals surface area (Å²) in [6, 6.07) is 4.58. The number of hydrogen-bond donors (Lipinski definition) is 2. The zero-order valence-electron chi connectivity index (χ0n) is 12.3. The molecule has 1 atom stereocenters. The van der Waals surface area contributed by atoms with Gasteiger partial charge in [-0.2, -0.15) is 0 Å². The van der Waals surface area contributed by atoms with Gasteiger partial charge in [-0.15, -0.1) is 0 Å². The minimum atomic E-state index is -0.474. The van der Waals surface area contributed by atoms with Gasteiger partial charge in [-0.05, 0) is 31.9 Å². The number of hydrogen-bond acceptors (Lipinski definition) is 4. The first kappa shape index (κ1) is 15.9. The van der Waals surface area contributed by atoms with Crippen LogP contribution in [0.1, 0.15) is 38.1 Å². The van der Waals surface area contributed by atoms with Crippen molar-refractivity contribution in [2.45, 2.75) is 33.7 Å². The SMILES string of the molecule is CCNC(=O)c1ccc(NC(C)C(C)C)c([N+](=O)[O-])c1. The number of nitrogens with zero attached hydrogens (tertiary/aromatic N) is 1. The highest BCUT2D eigenvalue weighted by Gasteiger charge is 2.19. The summed E-state index contributed by atoms with van der Waals surface area (Å²) in [5, 5.41) is 16.9. The zero-order chi connectivity index (χ0) is 15.3. The maximum atomic E-state index is 11.7. The van der Waals surface area contributed by atoms with Gasteiger partial charge in [0.1, 0.15) is 5.69 Å². The molecule has 0 radical (unpaired) electrons. The molecule has 20 heavy (non-hydrogen) atoms. The van der Waals surface area contributed by atoms with E-state index in [4.69, 9.17) is 0 Å². The third-order valence-corrected chi connectivity index (χ3v) is 3.18. The Bertz CT molecular complexity index is 500. The molecule has 0 saturated heterocycles. The number of nitro benzene ring substituents is 1. The van der Waals surface area contributed by atoms with Crippen molar-refractivity contribution < 1.29 is 9.72 Å². The number of carbonyl (C=O) groups excluding carboxylic acids is 1. The second-order valence-corrected chi connectivity index (χ2v) is 5.03. The molecule has 0 heterocycles. The molecule has 1 unspecified atom stereocenters. The maximum Gasteiger partial charge on any atom is 0.293 e. The van der Waals surface area contributed by atoms with Crippen LogP contribution in [0.25, 0.3) is 0 Å². The number of rotatable bonds is 6. The van der Waals surface area contributed by atoms with Crippen molar-refractivity contribution in [1.82, 2.24) is 5.32 Å². The van der Waals surface area contributed by atoms with Gasteiger partial charge in [0.25, 0.3) is 11.6 Å². The highest BCUT2D eigenvalue weighted by atomic mass is 16.6. The van der Waals surface area contributed by atoms with E-state index in [9.17, 15) is 14.9 Å². The smallest absolute Gasteiger partial charge is 0.293 e. The van der Waals surface area contributed by atoms with Crippen LogP contribution in [-0.4, -0.2) is 23.4 Å². The van der Waals surface area contributed by atoms with Crippen LogP contribution in [-0.2, 0) is 0 Å². The van der Waals surface area contributed by atoms with Crippen molar-refractivity contribution in [2.24, 2.45) is 5.92 Å². The Morgan fingerprint density at radius 2 is 2.00 bits per heavy atom. The topological polar surface area (TPSA) is 84.3 Å². The van der Waals surface area contributed by atoms with E-state index in [-0.39, 0.29) is 17.6 Å². The van der Waals surface area contributed by atoms with Crippen LogP contribution in [0.2, 0.25) is 0 Å². The van der Waals surface area contributed by atoms with Crippen molar-refractivity contribution in [2.75, 3.05) is 11.9 Å². The number of anilines is 1. The largest absolute Gasteiger partial charge is 0.377 e. The van der Waals surface area contributed by atoms with Gasteiger partial charge in [0.05, 0.1) is 4.92 Å². The third-order valence-electron chi connectivity index (χ3n) is 3.18. The van der Waals surface area contributed by atoms with Crippen LogP contribution in [0.15, 0.2) is 18.2 Å². The van der Waals surface area contributed by atoms with Crippen LogP contribution < -0.4 is 10.6 Å². The molecule has 1 amide bonds. The van der Waals surface area contributed by atoms with Crippen LogP contribution >= 0.6 is 0 Å². The standard InChI is InChI=1S/C14H21N3O3/c1-5-15-14(18)11-6-7-12(13(8-11)17(19)20)16-10(4)9(2)3/h6-10,16H,5H2,1-4H3,(H,15,18). The van der Waals surface area contributed by atoms with Crippen molar-refractivity contribution in [3.8, 4) is 0 Å². The summed E-state index contributed by atoms with van der Waals surface area (Å²) in [5.74, 6) is 0.0386. The molecule has 0 aliphatic heterocycles. The van der Waals surface area contributed by atoms with E-state index < -0.39 is 4.92 Å². The molecule has 1 aromatic carbocycles. The number of amides is 1. The van der Waals surface area contributed by atoms with Crippen molar-refractivity contribution >= 4 is 17.3 Å². The molecule has 6 heteroatoms. The molecule has 0 saturated carbocycles. The molecular formula is C14H21N3O3. The number of nitro groups is 1. The molecule has 6 nitrogen and oxygen atoms in total. The monoisotopic (exact) mass is 279 g/mol. The van der Waals surface area contributed by atoms with Crippen LogP contribution in [0.4, 0.5) is 11.4 Å². The summed E-state index contributed by atoms with van der Waals surface area (Å²) in [5.41, 5.74) is 0.645. The molecule has 110 valence electrons. The Kier molecular flexibility index (Phi) is 5.49. The summed E-state index contributed by atoms with van der Waals surface area (Å²) < 4.78 is 0. The first-order valence-electron chi connectivity index (χ1n) is 6.70. The Morgan fingerprint density at radius 3 is 2.50 bits per heavy atom. The van der Waals surface area contributed by atoms with Crippen molar-refractivity contribution in [3.05, 3.63) is 33.9 Å². The normalized spacial score (nSPS) is 12.1. The van der Waals surface area contributed by atoms with Gasteiger partial charge in [0.2, 0.25) is 0 Å². The average molecular weight is 279 g/mol. The fourth-order valence-corrected chi connectivity index (χ4v) is 1.62. The lowest BCUT2D eigenvalue weighted by atomic mass is 10.1. The van der Waals surface area contributed by atoms with E-state index in [0.717, 1.165) is 0 Å². The van der Waals surface area contributed by atoms with E-state index >= 15 is 0 Å². The van der Waals surface area contributed by atoms with Gasteiger partial charge in [0, 0.05) is 24.2 Å². The highest BCUT2D eigenvalue weighted by molar-refractivity contribution is 5.95. The summed E-state index contributed by atoms with van der Waals surface area (Å²) in [4.78, 5) is 22.4. The summed E-state index contributed by atoms with van der Waals surface area (Å²) in [6.45, 7) is 8.31. The lowest BCUT2D eigenvalue weighted by molar-refractivity contribution is -0.384. The minimum absolute atomic E-state index is 0.0822. The Hall–Kier alpha value is -2.11. The van der Waals surface area contributed by atoms with E-state index in [2.05, 4.69) is 10.6 Å². The lowest BCUT2D eigenvalue weighted by Crippen LogP contribution is -2.24. The second-order valence-electron chi connectivity index (χ2n) is 5.03. The zero-order valence-corrected chi connectivity index (χ0v) is 12.3. The fraction of sp³-hybridized carbons (Fsp3) is 0.500. The van der Waals surface area contributed by atoms with Crippen molar-refractivity contribution in [1.29, 1.82) is 0 Å². The van der Waals surface area contributed by atoms with Gasteiger partial charge in [-0.3, -0.25) is 14.9 Å². The molecule has 0 aliphatic rings. The lowest BCUT2D eigenvalue weighted by Gasteiger charge is -2.18. The van der Waals surface area contributed by atoms with Crippen LogP contribution in [0, 0.1) is 16.0 Å². The molecule has 0 aliphatic carbocycles. The minimum Gasteiger partial charge on any atom is -0.377 e. The van der Waals surface area contributed by atoms with Gasteiger partial charge in [-0.1, -0.05) is 13.8 Å². The summed E-state index contributed by atoms with van der Waals surface area (Å²) >= 11 is 0. The average Bonchev–Trinajstić information content (AvgIpc) is 2.38. The summed E-state index contributed by atoms with van der Waals surface area (Å²) in [6.07, 6.45) is 0. The van der Waals surface area contributed by atoms with E-state index in [1.807, 2.05) is 20.8 Å². The first-order chi connectivity index (χ1) is 9.36. The Labute approximate surface area is 118 Å². The number of nitrogens with one attached hydrogen (secondary N) is 2. The highest BCUT2D eigenvalue weighted by Crippen LogP contribution is 2.27. The Morgan fingerprint density at radius 1 is 1.35 bits per heavy atom. The van der Waals surface area contributed by atoms with E-state index in [0.29, 0.717) is 23.7 Å². The maximum absolute atomic E-state index is 11.7. The molecule has 0 bridgehead atoms. The van der Waals surface area contributed by atoms with Crippen LogP contribution in [0.3, 0.4) is 0 Å². The van der Waals surface area contributed by atoms with Gasteiger partial charge >= 0.3 is 0 Å². The van der Waals surface area contributed by atoms with Gasteiger partial charge in [0.15, 0.2) is 0 Å².